The highest BCUT2D eigenvalue weighted by molar-refractivity contribution is 7.10. The van der Waals surface area contributed by atoms with Gasteiger partial charge in [-0.3, -0.25) is 4.79 Å². The van der Waals surface area contributed by atoms with Crippen molar-refractivity contribution in [1.82, 2.24) is 5.43 Å². The molecule has 26 heavy (non-hydrogen) atoms. The third-order valence-electron chi connectivity index (χ3n) is 3.72. The van der Waals surface area contributed by atoms with Gasteiger partial charge in [0, 0.05) is 4.88 Å². The van der Waals surface area contributed by atoms with E-state index < -0.39 is 0 Å². The van der Waals surface area contributed by atoms with Crippen molar-refractivity contribution >= 4 is 23.5 Å². The Morgan fingerprint density at radius 1 is 1.12 bits per heavy atom. The van der Waals surface area contributed by atoms with Gasteiger partial charge in [-0.25, -0.2) is 5.43 Å². The van der Waals surface area contributed by atoms with Crippen LogP contribution in [0.3, 0.4) is 0 Å². The van der Waals surface area contributed by atoms with E-state index in [9.17, 15) is 4.79 Å². The van der Waals surface area contributed by atoms with Crippen LogP contribution in [0.15, 0.2) is 71.1 Å². The summed E-state index contributed by atoms with van der Waals surface area (Å²) in [5, 5.41) is 5.95. The molecule has 0 bridgehead atoms. The van der Waals surface area contributed by atoms with Crippen molar-refractivity contribution in [3.63, 3.8) is 0 Å². The Kier molecular flexibility index (Phi) is 6.17. The Morgan fingerprint density at radius 2 is 1.88 bits per heavy atom. The molecule has 3 aromatic rings. The maximum atomic E-state index is 11.8. The molecule has 0 spiro atoms. The fraction of sp³-hybridized carbons (Fsp3) is 0.143. The molecule has 1 amide bonds. The highest BCUT2D eigenvalue weighted by Gasteiger charge is 2.02. The highest BCUT2D eigenvalue weighted by atomic mass is 32.1. The van der Waals surface area contributed by atoms with Crippen LogP contribution in [0, 0.1) is 6.92 Å². The van der Waals surface area contributed by atoms with Gasteiger partial charge in [0.2, 0.25) is 5.91 Å². The van der Waals surface area contributed by atoms with E-state index in [1.807, 2.05) is 41.8 Å². The van der Waals surface area contributed by atoms with E-state index in [0.29, 0.717) is 13.0 Å². The molecule has 0 saturated carbocycles. The number of ether oxygens (including phenoxy) is 1. The number of thiophene rings is 1. The SMILES string of the molecule is Cc1ccc(COc2ccc(/C=N/NC(=O)Cc3cccs3)cc2)cc1. The summed E-state index contributed by atoms with van der Waals surface area (Å²) in [5.41, 5.74) is 5.80. The molecular weight excluding hydrogens is 344 g/mol. The predicted molar refractivity (Wildman–Crippen MR) is 106 cm³/mol. The topological polar surface area (TPSA) is 50.7 Å². The van der Waals surface area contributed by atoms with E-state index in [2.05, 4.69) is 41.7 Å². The number of hydrazone groups is 1. The van der Waals surface area contributed by atoms with Crippen LogP contribution in [0.1, 0.15) is 21.6 Å². The fourth-order valence-corrected chi connectivity index (χ4v) is 2.99. The molecule has 132 valence electrons. The molecule has 1 aromatic heterocycles. The smallest absolute Gasteiger partial charge is 0.245 e. The van der Waals surface area contributed by atoms with Crippen LogP contribution in [0.2, 0.25) is 0 Å². The minimum atomic E-state index is -0.123. The molecule has 0 radical (unpaired) electrons. The second-order valence-corrected chi connectivity index (χ2v) is 6.92. The lowest BCUT2D eigenvalue weighted by Crippen LogP contribution is -2.19. The summed E-state index contributed by atoms with van der Waals surface area (Å²) >= 11 is 1.56. The maximum Gasteiger partial charge on any atom is 0.245 e. The molecule has 0 aliphatic rings. The van der Waals surface area contributed by atoms with Crippen LogP contribution in [-0.2, 0) is 17.8 Å². The van der Waals surface area contributed by atoms with Crippen molar-refractivity contribution in [3.05, 3.63) is 87.6 Å². The number of carbonyl (C=O) groups is 1. The first-order valence-corrected chi connectivity index (χ1v) is 9.20. The molecule has 1 heterocycles. The number of rotatable bonds is 7. The number of amides is 1. The Hall–Kier alpha value is -2.92. The fourth-order valence-electron chi connectivity index (χ4n) is 2.29. The Morgan fingerprint density at radius 3 is 2.58 bits per heavy atom. The van der Waals surface area contributed by atoms with Crippen LogP contribution in [-0.4, -0.2) is 12.1 Å². The monoisotopic (exact) mass is 364 g/mol. The molecule has 0 saturated heterocycles. The molecule has 0 aliphatic carbocycles. The number of carbonyl (C=O) groups excluding carboxylic acids is 1. The average Bonchev–Trinajstić information content (AvgIpc) is 3.15. The Balaban J connectivity index is 1.46. The number of nitrogens with zero attached hydrogens (tertiary/aromatic N) is 1. The van der Waals surface area contributed by atoms with Gasteiger partial charge in [-0.15, -0.1) is 11.3 Å². The van der Waals surface area contributed by atoms with Crippen LogP contribution in [0.25, 0.3) is 0 Å². The average molecular weight is 364 g/mol. The molecule has 0 fully saturated rings. The van der Waals surface area contributed by atoms with Crippen molar-refractivity contribution in [2.45, 2.75) is 20.0 Å². The summed E-state index contributed by atoms with van der Waals surface area (Å²) < 4.78 is 5.78. The minimum Gasteiger partial charge on any atom is -0.489 e. The number of benzene rings is 2. The van der Waals surface area contributed by atoms with Gasteiger partial charge in [0.05, 0.1) is 12.6 Å². The summed E-state index contributed by atoms with van der Waals surface area (Å²) in [4.78, 5) is 12.8. The Bertz CT molecular complexity index is 854. The van der Waals surface area contributed by atoms with Gasteiger partial charge < -0.3 is 4.74 Å². The van der Waals surface area contributed by atoms with Gasteiger partial charge in [-0.05, 0) is 53.8 Å². The lowest BCUT2D eigenvalue weighted by molar-refractivity contribution is -0.120. The normalized spacial score (nSPS) is 10.8. The van der Waals surface area contributed by atoms with Crippen molar-refractivity contribution in [2.24, 2.45) is 5.10 Å². The van der Waals surface area contributed by atoms with Gasteiger partial charge >= 0.3 is 0 Å². The van der Waals surface area contributed by atoms with Crippen molar-refractivity contribution < 1.29 is 9.53 Å². The number of aryl methyl sites for hydroxylation is 1. The summed E-state index contributed by atoms with van der Waals surface area (Å²) in [6.45, 7) is 2.60. The van der Waals surface area contributed by atoms with Gasteiger partial charge in [-0.1, -0.05) is 35.9 Å². The third kappa shape index (κ3) is 5.57. The second kappa shape index (κ2) is 8.97. The lowest BCUT2D eigenvalue weighted by Gasteiger charge is -2.06. The minimum absolute atomic E-state index is 0.123. The van der Waals surface area contributed by atoms with Crippen LogP contribution in [0.4, 0.5) is 0 Å². The number of hydrogen-bond donors (Lipinski definition) is 1. The van der Waals surface area contributed by atoms with E-state index in [-0.39, 0.29) is 5.91 Å². The van der Waals surface area contributed by atoms with Crippen LogP contribution in [0.5, 0.6) is 5.75 Å². The lowest BCUT2D eigenvalue weighted by atomic mass is 10.2. The Labute approximate surface area is 157 Å². The second-order valence-electron chi connectivity index (χ2n) is 5.89. The van der Waals surface area contributed by atoms with E-state index in [4.69, 9.17) is 4.74 Å². The molecular formula is C21H20N2O2S. The first kappa shape index (κ1) is 17.9. The summed E-state index contributed by atoms with van der Waals surface area (Å²) in [6, 6.07) is 19.7. The van der Waals surface area contributed by atoms with Gasteiger partial charge in [0.15, 0.2) is 0 Å². The quantitative estimate of drug-likeness (QED) is 0.501. The van der Waals surface area contributed by atoms with Gasteiger partial charge in [0.1, 0.15) is 12.4 Å². The van der Waals surface area contributed by atoms with Crippen LogP contribution >= 0.6 is 11.3 Å². The van der Waals surface area contributed by atoms with Crippen molar-refractivity contribution in [2.75, 3.05) is 0 Å². The van der Waals surface area contributed by atoms with Gasteiger partial charge in [-0.2, -0.15) is 5.10 Å². The molecule has 0 atom stereocenters. The zero-order valence-corrected chi connectivity index (χ0v) is 15.3. The molecule has 3 rings (SSSR count). The summed E-state index contributed by atoms with van der Waals surface area (Å²) in [5.74, 6) is 0.672. The van der Waals surface area contributed by atoms with E-state index >= 15 is 0 Å². The molecule has 5 heteroatoms. The predicted octanol–water partition coefficient (Wildman–Crippen LogP) is 4.33. The largest absolute Gasteiger partial charge is 0.489 e. The van der Waals surface area contributed by atoms with Gasteiger partial charge in [0.25, 0.3) is 0 Å². The first-order chi connectivity index (χ1) is 12.7. The zero-order valence-electron chi connectivity index (χ0n) is 14.5. The van der Waals surface area contributed by atoms with Crippen molar-refractivity contribution in [1.29, 1.82) is 0 Å². The standard InChI is InChI=1S/C21H20N2O2S/c1-16-4-6-18(7-5-16)15-25-19-10-8-17(9-11-19)14-22-23-21(24)13-20-3-2-12-26-20/h2-12,14H,13,15H2,1H3,(H,23,24)/b22-14+. The summed E-state index contributed by atoms with van der Waals surface area (Å²) in [6.07, 6.45) is 1.97. The van der Waals surface area contributed by atoms with E-state index in [0.717, 1.165) is 21.8 Å². The summed E-state index contributed by atoms with van der Waals surface area (Å²) in [7, 11) is 0. The molecule has 2 aromatic carbocycles. The first-order valence-electron chi connectivity index (χ1n) is 8.32. The molecule has 1 N–H and O–H groups in total. The number of nitrogens with one attached hydrogen (secondary N) is 1. The van der Waals surface area contributed by atoms with E-state index in [1.165, 1.54) is 5.56 Å². The third-order valence-corrected chi connectivity index (χ3v) is 4.60. The molecule has 0 unspecified atom stereocenters. The molecule has 4 nitrogen and oxygen atoms in total. The van der Waals surface area contributed by atoms with Crippen molar-refractivity contribution in [3.8, 4) is 5.75 Å². The zero-order chi connectivity index (χ0) is 18.2. The van der Waals surface area contributed by atoms with Crippen LogP contribution < -0.4 is 10.2 Å². The number of hydrogen-bond acceptors (Lipinski definition) is 4. The maximum absolute atomic E-state index is 11.8. The molecule has 0 aliphatic heterocycles. The van der Waals surface area contributed by atoms with E-state index in [1.54, 1.807) is 17.6 Å². The highest BCUT2D eigenvalue weighted by Crippen LogP contribution is 2.14.